The fourth-order valence-electron chi connectivity index (χ4n) is 3.67. The molecular weight excluding hydrogens is 334 g/mol. The smallest absolute Gasteiger partial charge is 0.328 e. The Morgan fingerprint density at radius 3 is 2.50 bits per heavy atom. The van der Waals surface area contributed by atoms with Gasteiger partial charge in [-0.3, -0.25) is 0 Å². The van der Waals surface area contributed by atoms with Gasteiger partial charge in [0.25, 0.3) is 0 Å². The summed E-state index contributed by atoms with van der Waals surface area (Å²) in [6, 6.07) is 6.60. The molecule has 1 saturated heterocycles. The Bertz CT molecular complexity index is 819. The number of nitrogens with zero attached hydrogens (tertiary/aromatic N) is 2. The lowest BCUT2D eigenvalue weighted by atomic mass is 9.97. The summed E-state index contributed by atoms with van der Waals surface area (Å²) in [6.07, 6.45) is 6.07. The SMILES string of the molecule is O=C(O)C=CC(=O)O.c1cc2c3c(c1)nc(C1CCNCC1)n3CCC2. The summed E-state index contributed by atoms with van der Waals surface area (Å²) >= 11 is 0. The van der Waals surface area contributed by atoms with E-state index in [2.05, 4.69) is 28.1 Å². The van der Waals surface area contributed by atoms with Crippen molar-refractivity contribution < 1.29 is 19.8 Å². The van der Waals surface area contributed by atoms with Crippen molar-refractivity contribution >= 4 is 23.0 Å². The van der Waals surface area contributed by atoms with E-state index in [-0.39, 0.29) is 0 Å². The van der Waals surface area contributed by atoms with Crippen molar-refractivity contribution in [3.8, 4) is 0 Å². The van der Waals surface area contributed by atoms with E-state index >= 15 is 0 Å². The normalized spacial score (nSPS) is 17.1. The number of hydrogen-bond donors (Lipinski definition) is 3. The number of benzene rings is 1. The first-order chi connectivity index (χ1) is 12.6. The van der Waals surface area contributed by atoms with Crippen LogP contribution in [0.5, 0.6) is 0 Å². The molecule has 0 spiro atoms. The molecule has 4 rings (SSSR count). The van der Waals surface area contributed by atoms with Crippen molar-refractivity contribution in [1.82, 2.24) is 14.9 Å². The van der Waals surface area contributed by atoms with E-state index in [0.29, 0.717) is 18.1 Å². The van der Waals surface area contributed by atoms with Gasteiger partial charge in [-0.2, -0.15) is 0 Å². The van der Waals surface area contributed by atoms with E-state index < -0.39 is 11.9 Å². The molecule has 0 amide bonds. The molecule has 1 aromatic carbocycles. The van der Waals surface area contributed by atoms with Crippen molar-refractivity contribution in [2.45, 2.75) is 38.1 Å². The number of piperidine rings is 1. The highest BCUT2D eigenvalue weighted by Gasteiger charge is 2.24. The van der Waals surface area contributed by atoms with Crippen LogP contribution in [0.3, 0.4) is 0 Å². The van der Waals surface area contributed by atoms with Crippen LogP contribution < -0.4 is 5.32 Å². The van der Waals surface area contributed by atoms with E-state index in [1.54, 1.807) is 0 Å². The summed E-state index contributed by atoms with van der Waals surface area (Å²) in [5.41, 5.74) is 4.12. The minimum absolute atomic E-state index is 0.558. The zero-order valence-corrected chi connectivity index (χ0v) is 14.5. The van der Waals surface area contributed by atoms with Gasteiger partial charge in [-0.15, -0.1) is 0 Å². The van der Waals surface area contributed by atoms with Crippen LogP contribution in [0.4, 0.5) is 0 Å². The number of para-hydroxylation sites is 1. The van der Waals surface area contributed by atoms with E-state index in [0.717, 1.165) is 19.6 Å². The van der Waals surface area contributed by atoms with Crippen LogP contribution in [0.25, 0.3) is 11.0 Å². The molecule has 2 aromatic rings. The average molecular weight is 357 g/mol. The number of imidazole rings is 1. The Morgan fingerprint density at radius 2 is 1.85 bits per heavy atom. The number of rotatable bonds is 3. The number of nitrogens with one attached hydrogen (secondary N) is 1. The molecule has 3 heterocycles. The molecule has 3 N–H and O–H groups in total. The van der Waals surface area contributed by atoms with Crippen molar-refractivity contribution in [2.75, 3.05) is 13.1 Å². The molecule has 7 nitrogen and oxygen atoms in total. The summed E-state index contributed by atoms with van der Waals surface area (Å²) in [5.74, 6) is -0.511. The quantitative estimate of drug-likeness (QED) is 0.727. The fourth-order valence-corrected chi connectivity index (χ4v) is 3.67. The lowest BCUT2D eigenvalue weighted by molar-refractivity contribution is -0.134. The van der Waals surface area contributed by atoms with Crippen LogP contribution in [0.2, 0.25) is 0 Å². The summed E-state index contributed by atoms with van der Waals surface area (Å²) in [7, 11) is 0. The molecule has 2 aliphatic rings. The second-order valence-electron chi connectivity index (χ2n) is 6.54. The van der Waals surface area contributed by atoms with Crippen LogP contribution in [0, 0.1) is 0 Å². The summed E-state index contributed by atoms with van der Waals surface area (Å²) < 4.78 is 2.50. The minimum Gasteiger partial charge on any atom is -0.478 e. The number of carboxylic acids is 2. The van der Waals surface area contributed by atoms with Gasteiger partial charge in [0.05, 0.1) is 11.0 Å². The topological polar surface area (TPSA) is 104 Å². The number of hydrogen-bond acceptors (Lipinski definition) is 4. The molecule has 0 radical (unpaired) electrons. The van der Waals surface area contributed by atoms with Gasteiger partial charge in [0.2, 0.25) is 0 Å². The number of carbonyl (C=O) groups is 2. The minimum atomic E-state index is -1.26. The molecule has 7 heteroatoms. The average Bonchev–Trinajstić information content (AvgIpc) is 3.03. The predicted molar refractivity (Wildman–Crippen MR) is 97.3 cm³/mol. The van der Waals surface area contributed by atoms with E-state index in [1.807, 2.05) is 0 Å². The van der Waals surface area contributed by atoms with Crippen molar-refractivity contribution in [3.05, 3.63) is 41.7 Å². The molecule has 0 unspecified atom stereocenters. The second kappa shape index (κ2) is 8.14. The first kappa shape index (κ1) is 18.1. The summed E-state index contributed by atoms with van der Waals surface area (Å²) in [4.78, 5) is 24.1. The molecule has 0 atom stereocenters. The van der Waals surface area contributed by atoms with Gasteiger partial charge >= 0.3 is 11.9 Å². The van der Waals surface area contributed by atoms with Gasteiger partial charge in [-0.1, -0.05) is 12.1 Å². The molecule has 0 aliphatic carbocycles. The van der Waals surface area contributed by atoms with Crippen molar-refractivity contribution in [1.29, 1.82) is 0 Å². The van der Waals surface area contributed by atoms with Gasteiger partial charge < -0.3 is 20.1 Å². The van der Waals surface area contributed by atoms with Crippen molar-refractivity contribution in [2.24, 2.45) is 0 Å². The molecule has 1 fully saturated rings. The maximum absolute atomic E-state index is 9.55. The van der Waals surface area contributed by atoms with Gasteiger partial charge in [-0.25, -0.2) is 14.6 Å². The van der Waals surface area contributed by atoms with Crippen LogP contribution in [0.1, 0.15) is 36.6 Å². The maximum atomic E-state index is 9.55. The van der Waals surface area contributed by atoms with E-state index in [4.69, 9.17) is 15.2 Å². The maximum Gasteiger partial charge on any atom is 0.328 e. The first-order valence-corrected chi connectivity index (χ1v) is 8.89. The highest BCUT2D eigenvalue weighted by atomic mass is 16.4. The zero-order valence-electron chi connectivity index (χ0n) is 14.5. The highest BCUT2D eigenvalue weighted by Crippen LogP contribution is 2.32. The standard InChI is InChI=1S/C15H19N3.C4H4O4/c1-3-11-4-2-10-18-14(11)13(5-1)17-15(18)12-6-8-16-9-7-12;5-3(6)1-2-4(7)8/h1,3,5,12,16H,2,4,6-10H2;1-2H,(H,5,6)(H,7,8). The largest absolute Gasteiger partial charge is 0.478 e. The zero-order chi connectivity index (χ0) is 18.5. The molecule has 138 valence electrons. The highest BCUT2D eigenvalue weighted by molar-refractivity contribution is 5.89. The number of aryl methyl sites for hydroxylation is 2. The Labute approximate surface area is 151 Å². The van der Waals surface area contributed by atoms with E-state index in [9.17, 15) is 9.59 Å². The predicted octanol–water partition coefficient (Wildman–Crippen LogP) is 2.16. The van der Waals surface area contributed by atoms with E-state index in [1.165, 1.54) is 48.1 Å². The molecule has 0 bridgehead atoms. The number of carboxylic acid groups (broad SMARTS) is 2. The van der Waals surface area contributed by atoms with Crippen LogP contribution in [-0.4, -0.2) is 44.8 Å². The Kier molecular flexibility index (Phi) is 5.68. The summed E-state index contributed by atoms with van der Waals surface area (Å²) in [5, 5.41) is 19.1. The summed E-state index contributed by atoms with van der Waals surface area (Å²) in [6.45, 7) is 3.44. The monoisotopic (exact) mass is 357 g/mol. The third-order valence-electron chi connectivity index (χ3n) is 4.78. The molecule has 26 heavy (non-hydrogen) atoms. The number of aromatic nitrogens is 2. The van der Waals surface area contributed by atoms with Gasteiger partial charge in [-0.05, 0) is 50.4 Å². The Hall–Kier alpha value is -2.67. The third kappa shape index (κ3) is 4.11. The van der Waals surface area contributed by atoms with Crippen molar-refractivity contribution in [3.63, 3.8) is 0 Å². The lowest BCUT2D eigenvalue weighted by Gasteiger charge is -2.24. The lowest BCUT2D eigenvalue weighted by Crippen LogP contribution is -2.28. The fraction of sp³-hybridized carbons (Fsp3) is 0.421. The Morgan fingerprint density at radius 1 is 1.15 bits per heavy atom. The first-order valence-electron chi connectivity index (χ1n) is 8.89. The Balaban J connectivity index is 0.000000211. The molecule has 2 aliphatic heterocycles. The molecule has 1 aromatic heterocycles. The third-order valence-corrected chi connectivity index (χ3v) is 4.78. The molecule has 0 saturated carbocycles. The van der Waals surface area contributed by atoms with Gasteiger partial charge in [0.15, 0.2) is 0 Å². The van der Waals surface area contributed by atoms with Gasteiger partial charge in [0, 0.05) is 24.6 Å². The van der Waals surface area contributed by atoms with Crippen LogP contribution in [-0.2, 0) is 22.6 Å². The molecular formula is C19H23N3O4. The van der Waals surface area contributed by atoms with Crippen LogP contribution in [0.15, 0.2) is 30.4 Å². The van der Waals surface area contributed by atoms with Gasteiger partial charge in [0.1, 0.15) is 5.82 Å². The second-order valence-corrected chi connectivity index (χ2v) is 6.54. The number of aliphatic carboxylic acids is 2. The van der Waals surface area contributed by atoms with Crippen LogP contribution >= 0.6 is 0 Å².